The van der Waals surface area contributed by atoms with Crippen LogP contribution in [0.25, 0.3) is 11.1 Å². The molecule has 1 aliphatic rings. The van der Waals surface area contributed by atoms with Crippen molar-refractivity contribution in [2.24, 2.45) is 0 Å². The van der Waals surface area contributed by atoms with Gasteiger partial charge in [0.1, 0.15) is 5.69 Å². The van der Waals surface area contributed by atoms with E-state index in [1.54, 1.807) is 19.2 Å². The zero-order chi connectivity index (χ0) is 28.8. The van der Waals surface area contributed by atoms with Crippen molar-refractivity contribution in [3.63, 3.8) is 0 Å². The third-order valence-electron chi connectivity index (χ3n) is 7.13. The first kappa shape index (κ1) is 28.5. The molecule has 0 bridgehead atoms. The molecule has 0 unspecified atom stereocenters. The Kier molecular flexibility index (Phi) is 9.08. The Morgan fingerprint density at radius 2 is 1.66 bits per heavy atom. The monoisotopic (exact) mass is 587 g/mol. The van der Waals surface area contributed by atoms with Crippen molar-refractivity contribution in [2.45, 2.75) is 11.4 Å². The van der Waals surface area contributed by atoms with Gasteiger partial charge in [-0.05, 0) is 77.2 Å². The van der Waals surface area contributed by atoms with Crippen LogP contribution in [0.1, 0.15) is 15.9 Å². The summed E-state index contributed by atoms with van der Waals surface area (Å²) in [5, 5.41) is 14.8. The molecular weight excluding hydrogens is 558 g/mol. The van der Waals surface area contributed by atoms with Gasteiger partial charge in [-0.25, -0.2) is 0 Å². The Bertz CT molecular complexity index is 1520. The molecule has 0 atom stereocenters. The normalized spacial score (nSPS) is 13.6. The second-order valence-electron chi connectivity index (χ2n) is 9.69. The molecule has 1 fully saturated rings. The minimum absolute atomic E-state index is 0.0398. The topological polar surface area (TPSA) is 90.8 Å². The van der Waals surface area contributed by atoms with E-state index in [1.807, 2.05) is 36.4 Å². The number of anilines is 2. The SMILES string of the molecule is CNc1ccc(SNC(=O)c2ccc(N3CCN(Cc4ccccc4-c4ccc(Cl)cc4)CC3)cc2)cc1[N+](=O)[O-]. The van der Waals surface area contributed by atoms with Crippen molar-refractivity contribution in [1.82, 2.24) is 9.62 Å². The first-order valence-corrected chi connectivity index (χ1v) is 14.5. The van der Waals surface area contributed by atoms with Gasteiger partial charge in [0.15, 0.2) is 0 Å². The molecule has 0 saturated carbocycles. The molecule has 0 aromatic heterocycles. The van der Waals surface area contributed by atoms with Crippen LogP contribution in [-0.2, 0) is 6.54 Å². The van der Waals surface area contributed by atoms with E-state index < -0.39 is 4.92 Å². The lowest BCUT2D eigenvalue weighted by molar-refractivity contribution is -0.384. The maximum absolute atomic E-state index is 12.7. The van der Waals surface area contributed by atoms with Gasteiger partial charge in [0.05, 0.1) is 4.92 Å². The van der Waals surface area contributed by atoms with Crippen LogP contribution in [0.4, 0.5) is 17.1 Å². The molecule has 1 aliphatic heterocycles. The number of halogens is 1. The Morgan fingerprint density at radius 3 is 2.34 bits per heavy atom. The number of carbonyl (C=O) groups excluding carboxylic acids is 1. The molecule has 210 valence electrons. The second kappa shape index (κ2) is 13.1. The number of hydrogen-bond donors (Lipinski definition) is 2. The van der Waals surface area contributed by atoms with E-state index in [0.29, 0.717) is 16.1 Å². The Labute approximate surface area is 248 Å². The summed E-state index contributed by atoms with van der Waals surface area (Å²) in [6.07, 6.45) is 0. The number of amides is 1. The van der Waals surface area contributed by atoms with Crippen molar-refractivity contribution in [3.05, 3.63) is 117 Å². The highest BCUT2D eigenvalue weighted by atomic mass is 35.5. The Balaban J connectivity index is 1.15. The minimum atomic E-state index is -0.448. The van der Waals surface area contributed by atoms with Crippen molar-refractivity contribution >= 4 is 46.5 Å². The first-order chi connectivity index (χ1) is 19.9. The van der Waals surface area contributed by atoms with Crippen LogP contribution in [0.5, 0.6) is 0 Å². The molecule has 4 aromatic rings. The van der Waals surface area contributed by atoms with Gasteiger partial charge in [-0.3, -0.25) is 24.5 Å². The zero-order valence-corrected chi connectivity index (χ0v) is 24.1. The van der Waals surface area contributed by atoms with Crippen molar-refractivity contribution < 1.29 is 9.72 Å². The van der Waals surface area contributed by atoms with E-state index in [9.17, 15) is 14.9 Å². The highest BCUT2D eigenvalue weighted by Crippen LogP contribution is 2.30. The van der Waals surface area contributed by atoms with E-state index in [-0.39, 0.29) is 11.6 Å². The molecule has 4 aromatic carbocycles. The fourth-order valence-electron chi connectivity index (χ4n) is 4.90. The standard InChI is InChI=1S/C31H30ClN5O3S/c1-33-29-15-14-27(20-30(29)37(39)40)41-34-31(38)23-8-12-26(13-9-23)36-18-16-35(17-19-36)21-24-4-2-3-5-28(24)22-6-10-25(32)11-7-22/h2-15,20,33H,16-19,21H2,1H3,(H,34,38). The molecule has 1 heterocycles. The number of benzene rings is 4. The predicted molar refractivity (Wildman–Crippen MR) is 167 cm³/mol. The van der Waals surface area contributed by atoms with Gasteiger partial charge < -0.3 is 10.2 Å². The molecular formula is C31H30ClN5O3S. The largest absolute Gasteiger partial charge is 0.383 e. The molecule has 0 aliphatic carbocycles. The third-order valence-corrected chi connectivity index (χ3v) is 8.16. The molecule has 0 spiro atoms. The lowest BCUT2D eigenvalue weighted by Gasteiger charge is -2.36. The zero-order valence-electron chi connectivity index (χ0n) is 22.5. The maximum Gasteiger partial charge on any atom is 0.293 e. The van der Waals surface area contributed by atoms with Crippen molar-refractivity contribution in [1.29, 1.82) is 0 Å². The second-order valence-corrected chi connectivity index (χ2v) is 11.0. The predicted octanol–water partition coefficient (Wildman–Crippen LogP) is 6.72. The average Bonchev–Trinajstić information content (AvgIpc) is 3.01. The van der Waals surface area contributed by atoms with Gasteiger partial charge in [0.25, 0.3) is 11.6 Å². The molecule has 5 rings (SSSR count). The number of nitro benzene ring substituents is 1. The van der Waals surface area contributed by atoms with Crippen LogP contribution < -0.4 is 14.9 Å². The lowest BCUT2D eigenvalue weighted by Crippen LogP contribution is -2.46. The number of nitrogens with one attached hydrogen (secondary N) is 2. The molecule has 1 amide bonds. The van der Waals surface area contributed by atoms with E-state index in [1.165, 1.54) is 22.8 Å². The fraction of sp³-hybridized carbons (Fsp3) is 0.194. The maximum atomic E-state index is 12.7. The number of piperazine rings is 1. The van der Waals surface area contributed by atoms with Crippen LogP contribution in [0.15, 0.2) is 95.9 Å². The van der Waals surface area contributed by atoms with Crippen molar-refractivity contribution in [3.8, 4) is 11.1 Å². The van der Waals surface area contributed by atoms with Crippen molar-refractivity contribution in [2.75, 3.05) is 43.4 Å². The highest BCUT2D eigenvalue weighted by molar-refractivity contribution is 7.98. The quantitative estimate of drug-likeness (QED) is 0.128. The molecule has 1 saturated heterocycles. The smallest absolute Gasteiger partial charge is 0.293 e. The summed E-state index contributed by atoms with van der Waals surface area (Å²) in [6.45, 7) is 4.54. The molecule has 2 N–H and O–H groups in total. The van der Waals surface area contributed by atoms with Gasteiger partial charge in [-0.2, -0.15) is 0 Å². The van der Waals surface area contributed by atoms with E-state index >= 15 is 0 Å². The van der Waals surface area contributed by atoms with Crippen LogP contribution in [0.2, 0.25) is 5.02 Å². The van der Waals surface area contributed by atoms with Gasteiger partial charge in [-0.15, -0.1) is 0 Å². The summed E-state index contributed by atoms with van der Waals surface area (Å²) in [5.41, 5.74) is 5.68. The summed E-state index contributed by atoms with van der Waals surface area (Å²) in [5.74, 6) is -0.258. The average molecular weight is 588 g/mol. The number of carbonyl (C=O) groups is 1. The summed E-state index contributed by atoms with van der Waals surface area (Å²) in [6, 6.07) is 28.8. The molecule has 41 heavy (non-hydrogen) atoms. The van der Waals surface area contributed by atoms with Gasteiger partial charge >= 0.3 is 0 Å². The summed E-state index contributed by atoms with van der Waals surface area (Å²) >= 11 is 7.14. The number of rotatable bonds is 9. The summed E-state index contributed by atoms with van der Waals surface area (Å²) in [7, 11) is 1.63. The van der Waals surface area contributed by atoms with Gasteiger partial charge in [0, 0.05) is 67.0 Å². The fourth-order valence-corrected chi connectivity index (χ4v) is 5.66. The lowest BCUT2D eigenvalue weighted by atomic mass is 9.99. The number of nitrogens with zero attached hydrogens (tertiary/aromatic N) is 3. The van der Waals surface area contributed by atoms with Crippen LogP contribution >= 0.6 is 23.5 Å². The van der Waals surface area contributed by atoms with Crippen LogP contribution in [-0.4, -0.2) is 49.0 Å². The van der Waals surface area contributed by atoms with E-state index in [4.69, 9.17) is 11.6 Å². The summed E-state index contributed by atoms with van der Waals surface area (Å²) in [4.78, 5) is 28.9. The first-order valence-electron chi connectivity index (χ1n) is 13.3. The van der Waals surface area contributed by atoms with Gasteiger partial charge in [0.2, 0.25) is 0 Å². The summed E-state index contributed by atoms with van der Waals surface area (Å²) < 4.78 is 2.77. The minimum Gasteiger partial charge on any atom is -0.383 e. The number of hydrogen-bond acceptors (Lipinski definition) is 7. The molecule has 8 nitrogen and oxygen atoms in total. The van der Waals surface area contributed by atoms with E-state index in [2.05, 4.69) is 56.2 Å². The third kappa shape index (κ3) is 7.00. The van der Waals surface area contributed by atoms with Crippen LogP contribution in [0, 0.1) is 10.1 Å². The highest BCUT2D eigenvalue weighted by Gasteiger charge is 2.19. The molecule has 10 heteroatoms. The Morgan fingerprint density at radius 1 is 0.951 bits per heavy atom. The number of nitro groups is 1. The Hall–Kier alpha value is -4.05. The van der Waals surface area contributed by atoms with Gasteiger partial charge in [-0.1, -0.05) is 48.0 Å². The van der Waals surface area contributed by atoms with Crippen LogP contribution in [0.3, 0.4) is 0 Å². The molecule has 0 radical (unpaired) electrons. The van der Waals surface area contributed by atoms with E-state index in [0.717, 1.165) is 55.4 Å².